The topological polar surface area (TPSA) is 92.5 Å². The molecule has 1 amide bonds. The zero-order valence-electron chi connectivity index (χ0n) is 14.6. The van der Waals surface area contributed by atoms with Crippen LogP contribution in [0, 0.1) is 5.92 Å². The highest BCUT2D eigenvalue weighted by molar-refractivity contribution is 7.89. The summed E-state index contributed by atoms with van der Waals surface area (Å²) >= 11 is 0. The smallest absolute Gasteiger partial charge is 0.253 e. The van der Waals surface area contributed by atoms with E-state index in [2.05, 4.69) is 4.72 Å². The lowest BCUT2D eigenvalue weighted by Gasteiger charge is -2.42. The van der Waals surface area contributed by atoms with Crippen molar-refractivity contribution in [2.24, 2.45) is 11.7 Å². The summed E-state index contributed by atoms with van der Waals surface area (Å²) in [4.78, 5) is 13.6. The van der Waals surface area contributed by atoms with Crippen LogP contribution in [-0.4, -0.2) is 45.4 Å². The molecule has 0 bridgehead atoms. The Kier molecular flexibility index (Phi) is 5.67. The normalized spacial score (nSPS) is 24.6. The molecule has 6 nitrogen and oxygen atoms in total. The summed E-state index contributed by atoms with van der Waals surface area (Å²) in [6.45, 7) is 2.31. The van der Waals surface area contributed by atoms with E-state index in [1.807, 2.05) is 6.92 Å². The van der Waals surface area contributed by atoms with Crippen LogP contribution in [0.5, 0.6) is 0 Å². The van der Waals surface area contributed by atoms with Crippen LogP contribution >= 0.6 is 0 Å². The molecule has 0 radical (unpaired) electrons. The molecule has 2 unspecified atom stereocenters. The molecule has 1 aromatic carbocycles. The molecule has 1 fully saturated rings. The fraction of sp³-hybridized carbons (Fsp3) is 0.588. The van der Waals surface area contributed by atoms with Crippen molar-refractivity contribution in [3.05, 3.63) is 29.8 Å². The fourth-order valence-electron chi connectivity index (χ4n) is 3.29. The molecule has 1 aliphatic rings. The molecule has 0 heterocycles. The molecular formula is C17H27N3O3S. The number of nitrogens with two attached hydrogens (primary N) is 1. The van der Waals surface area contributed by atoms with Gasteiger partial charge in [-0.15, -0.1) is 0 Å². The van der Waals surface area contributed by atoms with Crippen molar-refractivity contribution in [1.82, 2.24) is 9.62 Å². The summed E-state index contributed by atoms with van der Waals surface area (Å²) in [7, 11) is -0.478. The summed E-state index contributed by atoms with van der Waals surface area (Å²) in [5, 5.41) is 0. The van der Waals surface area contributed by atoms with Gasteiger partial charge in [0.05, 0.1) is 4.90 Å². The van der Waals surface area contributed by atoms with Crippen LogP contribution < -0.4 is 10.5 Å². The summed E-state index contributed by atoms with van der Waals surface area (Å²) in [5.74, 6) is -0.0516. The van der Waals surface area contributed by atoms with E-state index in [9.17, 15) is 13.2 Å². The number of benzene rings is 1. The van der Waals surface area contributed by atoms with Crippen LogP contribution in [0.25, 0.3) is 0 Å². The number of hydrogen-bond donors (Lipinski definition) is 2. The monoisotopic (exact) mass is 353 g/mol. The van der Waals surface area contributed by atoms with Gasteiger partial charge in [-0.05, 0) is 37.0 Å². The van der Waals surface area contributed by atoms with E-state index in [0.29, 0.717) is 5.56 Å². The molecule has 0 aliphatic heterocycles. The second kappa shape index (κ2) is 7.21. The second-order valence-electron chi connectivity index (χ2n) is 6.84. The molecule has 2 atom stereocenters. The van der Waals surface area contributed by atoms with Gasteiger partial charge in [0.15, 0.2) is 0 Å². The molecule has 24 heavy (non-hydrogen) atoms. The Morgan fingerprint density at radius 2 is 2.08 bits per heavy atom. The minimum Gasteiger partial charge on any atom is -0.345 e. The maximum atomic E-state index is 12.9. The third-order valence-electron chi connectivity index (χ3n) is 4.95. The molecule has 3 N–H and O–H groups in total. The van der Waals surface area contributed by atoms with Crippen LogP contribution in [0.3, 0.4) is 0 Å². The van der Waals surface area contributed by atoms with Gasteiger partial charge in [0.2, 0.25) is 10.0 Å². The maximum Gasteiger partial charge on any atom is 0.253 e. The highest BCUT2D eigenvalue weighted by atomic mass is 32.2. The van der Waals surface area contributed by atoms with Gasteiger partial charge in [-0.25, -0.2) is 13.1 Å². The minimum absolute atomic E-state index is 0.0980. The number of carbonyl (C=O) groups excluding carboxylic acids is 1. The van der Waals surface area contributed by atoms with Crippen LogP contribution in [0.2, 0.25) is 0 Å². The Bertz CT molecular complexity index is 703. The predicted octanol–water partition coefficient (Wildman–Crippen LogP) is 1.57. The van der Waals surface area contributed by atoms with Crippen LogP contribution in [0.15, 0.2) is 29.2 Å². The number of sulfonamides is 1. The van der Waals surface area contributed by atoms with E-state index in [0.717, 1.165) is 25.7 Å². The lowest BCUT2D eigenvalue weighted by Crippen LogP contribution is -2.58. The third-order valence-corrected chi connectivity index (χ3v) is 6.50. The van der Waals surface area contributed by atoms with E-state index in [1.54, 1.807) is 26.2 Å². The number of rotatable bonds is 5. The lowest BCUT2D eigenvalue weighted by molar-refractivity contribution is 0.0827. The molecule has 1 saturated carbocycles. The van der Waals surface area contributed by atoms with E-state index >= 15 is 0 Å². The molecule has 1 aromatic rings. The van der Waals surface area contributed by atoms with Crippen molar-refractivity contribution in [1.29, 1.82) is 0 Å². The first kappa shape index (κ1) is 18.9. The molecule has 1 aliphatic carbocycles. The van der Waals surface area contributed by atoms with Crippen molar-refractivity contribution in [3.8, 4) is 0 Å². The van der Waals surface area contributed by atoms with Crippen molar-refractivity contribution in [2.75, 3.05) is 20.6 Å². The second-order valence-corrected chi connectivity index (χ2v) is 8.52. The summed E-state index contributed by atoms with van der Waals surface area (Å²) in [6, 6.07) is 6.13. The highest BCUT2D eigenvalue weighted by Gasteiger charge is 2.40. The van der Waals surface area contributed by atoms with E-state index in [1.165, 1.54) is 17.0 Å². The molecule has 134 valence electrons. The minimum atomic E-state index is -3.75. The van der Waals surface area contributed by atoms with E-state index in [4.69, 9.17) is 5.73 Å². The summed E-state index contributed by atoms with van der Waals surface area (Å²) < 4.78 is 28.6. The molecular weight excluding hydrogens is 326 g/mol. The summed E-state index contributed by atoms with van der Waals surface area (Å²) in [6.07, 6.45) is 3.75. The average molecular weight is 353 g/mol. The van der Waals surface area contributed by atoms with Crippen molar-refractivity contribution in [3.63, 3.8) is 0 Å². The number of nitrogens with zero attached hydrogens (tertiary/aromatic N) is 1. The maximum absolute atomic E-state index is 12.9. The van der Waals surface area contributed by atoms with Gasteiger partial charge in [0.1, 0.15) is 0 Å². The lowest BCUT2D eigenvalue weighted by atomic mass is 9.74. The fourth-order valence-corrected chi connectivity index (χ4v) is 4.87. The molecule has 0 saturated heterocycles. The molecule has 2 rings (SSSR count). The van der Waals surface area contributed by atoms with Gasteiger partial charge >= 0.3 is 0 Å². The van der Waals surface area contributed by atoms with Crippen LogP contribution in [0.1, 0.15) is 43.0 Å². The Balaban J connectivity index is 2.33. The Morgan fingerprint density at radius 1 is 1.38 bits per heavy atom. The van der Waals surface area contributed by atoms with Gasteiger partial charge < -0.3 is 10.6 Å². The van der Waals surface area contributed by atoms with Crippen LogP contribution in [-0.2, 0) is 10.0 Å². The first-order valence-corrected chi connectivity index (χ1v) is 9.76. The Hall–Kier alpha value is -1.44. The number of amides is 1. The molecule has 7 heteroatoms. The predicted molar refractivity (Wildman–Crippen MR) is 94.2 cm³/mol. The number of hydrogen-bond acceptors (Lipinski definition) is 4. The average Bonchev–Trinajstić information content (AvgIpc) is 2.56. The zero-order valence-corrected chi connectivity index (χ0v) is 15.4. The third kappa shape index (κ3) is 3.79. The quantitative estimate of drug-likeness (QED) is 0.840. The zero-order chi connectivity index (χ0) is 18.0. The highest BCUT2D eigenvalue weighted by Crippen LogP contribution is 2.34. The Labute approximate surface area is 144 Å². The van der Waals surface area contributed by atoms with Crippen molar-refractivity contribution < 1.29 is 13.2 Å². The SMILES string of the molecule is CC1CCCCC1(CN)NS(=O)(=O)c1cccc(C(=O)N(C)C)c1. The molecule has 0 spiro atoms. The van der Waals surface area contributed by atoms with E-state index in [-0.39, 0.29) is 23.3 Å². The standard InChI is InChI=1S/C17H27N3O3S/c1-13-7-4-5-10-17(13,12-18)19-24(22,23)15-9-6-8-14(11-15)16(21)20(2)3/h6,8-9,11,13,19H,4-5,7,10,12,18H2,1-3H3. The van der Waals surface area contributed by atoms with Gasteiger partial charge in [-0.1, -0.05) is 25.8 Å². The molecule has 0 aromatic heterocycles. The Morgan fingerprint density at radius 3 is 2.67 bits per heavy atom. The van der Waals surface area contributed by atoms with Gasteiger partial charge in [0, 0.05) is 31.7 Å². The van der Waals surface area contributed by atoms with Crippen molar-refractivity contribution in [2.45, 2.75) is 43.0 Å². The van der Waals surface area contributed by atoms with Crippen molar-refractivity contribution >= 4 is 15.9 Å². The van der Waals surface area contributed by atoms with E-state index < -0.39 is 15.6 Å². The largest absolute Gasteiger partial charge is 0.345 e. The number of nitrogens with one attached hydrogen (secondary N) is 1. The van der Waals surface area contributed by atoms with Crippen LogP contribution in [0.4, 0.5) is 0 Å². The first-order chi connectivity index (χ1) is 11.2. The number of carbonyl (C=O) groups is 1. The van der Waals surface area contributed by atoms with Gasteiger partial charge in [0.25, 0.3) is 5.91 Å². The van der Waals surface area contributed by atoms with Gasteiger partial charge in [-0.3, -0.25) is 4.79 Å². The first-order valence-electron chi connectivity index (χ1n) is 8.27. The van der Waals surface area contributed by atoms with Gasteiger partial charge in [-0.2, -0.15) is 0 Å². The summed E-state index contributed by atoms with van der Waals surface area (Å²) in [5.41, 5.74) is 5.68.